The third-order valence-electron chi connectivity index (χ3n) is 4.72. The molecule has 0 spiro atoms. The van der Waals surface area contributed by atoms with Crippen molar-refractivity contribution in [3.63, 3.8) is 0 Å². The normalized spacial score (nSPS) is 15.8. The minimum atomic E-state index is -0.972. The van der Waals surface area contributed by atoms with E-state index < -0.39 is 5.97 Å². The van der Waals surface area contributed by atoms with Gasteiger partial charge in [-0.05, 0) is 25.0 Å². The Hall–Kier alpha value is -2.21. The lowest BCUT2D eigenvalue weighted by Gasteiger charge is -2.22. The summed E-state index contributed by atoms with van der Waals surface area (Å²) in [7, 11) is 0. The van der Waals surface area contributed by atoms with Gasteiger partial charge in [0.15, 0.2) is 5.69 Å². The van der Waals surface area contributed by atoms with Crippen molar-refractivity contribution in [1.29, 1.82) is 0 Å². The zero-order chi connectivity index (χ0) is 16.5. The summed E-state index contributed by atoms with van der Waals surface area (Å²) >= 11 is 1.40. The maximum Gasteiger partial charge on any atom is 0.355 e. The Bertz CT molecular complexity index is 877. The molecule has 1 aliphatic rings. The molecule has 0 radical (unpaired) electrons. The third-order valence-corrected chi connectivity index (χ3v) is 5.55. The topological polar surface area (TPSA) is 68.0 Å². The van der Waals surface area contributed by atoms with Gasteiger partial charge in [-0.25, -0.2) is 14.8 Å². The number of aromatic carboxylic acids is 1. The predicted molar refractivity (Wildman–Crippen MR) is 93.7 cm³/mol. The fourth-order valence-electron chi connectivity index (χ4n) is 3.55. The van der Waals surface area contributed by atoms with Crippen LogP contribution in [0, 0.1) is 0 Å². The van der Waals surface area contributed by atoms with Gasteiger partial charge in [0, 0.05) is 11.3 Å². The number of hydrogen-bond acceptors (Lipinski definition) is 4. The van der Waals surface area contributed by atoms with Crippen LogP contribution in [0.15, 0.2) is 29.6 Å². The first kappa shape index (κ1) is 15.3. The van der Waals surface area contributed by atoms with Crippen molar-refractivity contribution in [3.05, 3.63) is 46.2 Å². The van der Waals surface area contributed by atoms with Crippen LogP contribution < -0.4 is 0 Å². The highest BCUT2D eigenvalue weighted by Crippen LogP contribution is 2.34. The summed E-state index contributed by atoms with van der Waals surface area (Å²) in [5.74, 6) is 0.647. The van der Waals surface area contributed by atoms with Crippen molar-refractivity contribution in [3.8, 4) is 0 Å². The number of aromatic nitrogens is 3. The number of rotatable bonds is 4. The van der Waals surface area contributed by atoms with Crippen LogP contribution in [-0.2, 0) is 6.54 Å². The third kappa shape index (κ3) is 2.82. The van der Waals surface area contributed by atoms with Gasteiger partial charge >= 0.3 is 5.97 Å². The van der Waals surface area contributed by atoms with E-state index in [1.807, 2.05) is 18.2 Å². The van der Waals surface area contributed by atoms with Crippen LogP contribution >= 0.6 is 11.3 Å². The number of para-hydroxylation sites is 2. The van der Waals surface area contributed by atoms with E-state index in [0.29, 0.717) is 12.5 Å². The summed E-state index contributed by atoms with van der Waals surface area (Å²) in [6.07, 6.45) is 6.19. The molecule has 1 aromatic carbocycles. The highest BCUT2D eigenvalue weighted by molar-refractivity contribution is 7.09. The average molecular weight is 341 g/mol. The SMILES string of the molecule is O=C(O)c1csc(Cn2c(C3CCCCC3)nc3ccccc32)n1. The zero-order valence-corrected chi connectivity index (χ0v) is 14.1. The Balaban J connectivity index is 1.75. The van der Waals surface area contributed by atoms with E-state index in [1.165, 1.54) is 43.4 Å². The molecule has 1 aliphatic carbocycles. The fraction of sp³-hybridized carbons (Fsp3) is 0.389. The first-order valence-electron chi connectivity index (χ1n) is 8.35. The van der Waals surface area contributed by atoms with Crippen LogP contribution in [0.5, 0.6) is 0 Å². The van der Waals surface area contributed by atoms with E-state index in [2.05, 4.69) is 15.6 Å². The van der Waals surface area contributed by atoms with Crippen molar-refractivity contribution in [1.82, 2.24) is 14.5 Å². The van der Waals surface area contributed by atoms with Crippen LogP contribution in [-0.4, -0.2) is 25.6 Å². The highest BCUT2D eigenvalue weighted by atomic mass is 32.1. The van der Waals surface area contributed by atoms with Crippen LogP contribution in [0.2, 0.25) is 0 Å². The largest absolute Gasteiger partial charge is 0.476 e. The maximum atomic E-state index is 11.1. The average Bonchev–Trinajstić information content (AvgIpc) is 3.22. The molecular formula is C18H19N3O2S. The molecule has 0 atom stereocenters. The molecule has 5 nitrogen and oxygen atoms in total. The molecule has 24 heavy (non-hydrogen) atoms. The summed E-state index contributed by atoms with van der Waals surface area (Å²) in [6.45, 7) is 0.588. The second-order valence-corrected chi connectivity index (χ2v) is 7.25. The smallest absolute Gasteiger partial charge is 0.355 e. The van der Waals surface area contributed by atoms with Gasteiger partial charge in [0.05, 0.1) is 17.6 Å². The van der Waals surface area contributed by atoms with Gasteiger partial charge in [-0.2, -0.15) is 0 Å². The summed E-state index contributed by atoms with van der Waals surface area (Å²) in [5, 5.41) is 11.5. The lowest BCUT2D eigenvalue weighted by molar-refractivity contribution is 0.0691. The van der Waals surface area contributed by atoms with E-state index in [1.54, 1.807) is 5.38 Å². The number of nitrogens with zero attached hydrogens (tertiary/aromatic N) is 3. The van der Waals surface area contributed by atoms with E-state index in [-0.39, 0.29) is 5.69 Å². The first-order valence-corrected chi connectivity index (χ1v) is 9.23. The molecule has 0 aliphatic heterocycles. The summed E-state index contributed by atoms with van der Waals surface area (Å²) in [6, 6.07) is 8.16. The van der Waals surface area contributed by atoms with Gasteiger partial charge in [0.1, 0.15) is 10.8 Å². The highest BCUT2D eigenvalue weighted by Gasteiger charge is 2.23. The predicted octanol–water partition coefficient (Wildman–Crippen LogP) is 4.29. The van der Waals surface area contributed by atoms with Crippen molar-refractivity contribution >= 4 is 28.3 Å². The lowest BCUT2D eigenvalue weighted by Crippen LogP contribution is -2.13. The minimum absolute atomic E-state index is 0.124. The molecule has 124 valence electrons. The number of benzene rings is 1. The number of carboxylic acids is 1. The number of thiazole rings is 1. The van der Waals surface area contributed by atoms with Crippen LogP contribution in [0.4, 0.5) is 0 Å². The zero-order valence-electron chi connectivity index (χ0n) is 13.3. The number of carbonyl (C=O) groups is 1. The molecule has 0 bridgehead atoms. The first-order chi connectivity index (χ1) is 11.7. The molecule has 0 saturated heterocycles. The van der Waals surface area contributed by atoms with Crippen molar-refractivity contribution < 1.29 is 9.90 Å². The van der Waals surface area contributed by atoms with Crippen molar-refractivity contribution in [2.75, 3.05) is 0 Å². The molecule has 0 amide bonds. The van der Waals surface area contributed by atoms with Gasteiger partial charge in [-0.1, -0.05) is 31.4 Å². The molecule has 2 heterocycles. The van der Waals surface area contributed by atoms with Crippen LogP contribution in [0.1, 0.15) is 59.3 Å². The van der Waals surface area contributed by atoms with E-state index in [4.69, 9.17) is 10.1 Å². The van der Waals surface area contributed by atoms with E-state index in [0.717, 1.165) is 21.9 Å². The van der Waals surface area contributed by atoms with Crippen molar-refractivity contribution in [2.24, 2.45) is 0 Å². The van der Waals surface area contributed by atoms with Gasteiger partial charge in [0.25, 0.3) is 0 Å². The standard InChI is InChI=1S/C18H19N3O2S/c22-18(23)14-11-24-16(19-14)10-21-15-9-5-4-8-13(15)20-17(21)12-6-2-1-3-7-12/h4-5,8-9,11-12H,1-3,6-7,10H2,(H,22,23). The molecule has 0 unspecified atom stereocenters. The second kappa shape index (κ2) is 6.36. The van der Waals surface area contributed by atoms with E-state index >= 15 is 0 Å². The minimum Gasteiger partial charge on any atom is -0.476 e. The van der Waals surface area contributed by atoms with Gasteiger partial charge in [-0.3, -0.25) is 0 Å². The van der Waals surface area contributed by atoms with Gasteiger partial charge < -0.3 is 9.67 Å². The number of fused-ring (bicyclic) bond motifs is 1. The summed E-state index contributed by atoms with van der Waals surface area (Å²) in [4.78, 5) is 20.2. The molecule has 1 N–H and O–H groups in total. The molecule has 4 rings (SSSR count). The molecule has 6 heteroatoms. The Morgan fingerprint density at radius 1 is 1.21 bits per heavy atom. The molecule has 1 saturated carbocycles. The summed E-state index contributed by atoms with van der Waals surface area (Å²) in [5.41, 5.74) is 2.23. The number of imidazole rings is 1. The lowest BCUT2D eigenvalue weighted by atomic mass is 9.88. The Morgan fingerprint density at radius 2 is 2.00 bits per heavy atom. The Labute approximate surface area is 144 Å². The number of hydrogen-bond donors (Lipinski definition) is 1. The fourth-order valence-corrected chi connectivity index (χ4v) is 4.31. The second-order valence-electron chi connectivity index (χ2n) is 6.31. The molecule has 3 aromatic rings. The Kier molecular flexibility index (Phi) is 4.06. The molecule has 2 aromatic heterocycles. The maximum absolute atomic E-state index is 11.1. The quantitative estimate of drug-likeness (QED) is 0.769. The Morgan fingerprint density at radius 3 is 2.75 bits per heavy atom. The van der Waals surface area contributed by atoms with Gasteiger partial charge in [0.2, 0.25) is 0 Å². The van der Waals surface area contributed by atoms with E-state index in [9.17, 15) is 4.79 Å². The van der Waals surface area contributed by atoms with Crippen molar-refractivity contribution in [2.45, 2.75) is 44.6 Å². The van der Waals surface area contributed by atoms with Crippen LogP contribution in [0.3, 0.4) is 0 Å². The summed E-state index contributed by atoms with van der Waals surface area (Å²) < 4.78 is 2.23. The van der Waals surface area contributed by atoms with Gasteiger partial charge in [-0.15, -0.1) is 11.3 Å². The number of carboxylic acid groups (broad SMARTS) is 1. The monoisotopic (exact) mass is 341 g/mol. The molecule has 1 fully saturated rings. The molecular weight excluding hydrogens is 322 g/mol. The van der Waals surface area contributed by atoms with Crippen LogP contribution in [0.25, 0.3) is 11.0 Å².